The Morgan fingerprint density at radius 1 is 1.23 bits per heavy atom. The van der Waals surface area contributed by atoms with Gasteiger partial charge in [0, 0.05) is 12.3 Å². The largest absolute Gasteiger partial charge is 0.289 e. The molecule has 1 nitrogen and oxygen atoms in total. The molecule has 0 radical (unpaired) electrons. The standard InChI is InChI=1S/C12H15N/c1-2-10-5-7-11(8-6-10)12-4-3-9-13-12/h5-8H,2-4,9H2,1H3. The van der Waals surface area contributed by atoms with E-state index in [0.29, 0.717) is 0 Å². The van der Waals surface area contributed by atoms with Gasteiger partial charge in [0.05, 0.1) is 0 Å². The zero-order valence-electron chi connectivity index (χ0n) is 8.09. The fraction of sp³-hybridized carbons (Fsp3) is 0.417. The van der Waals surface area contributed by atoms with Gasteiger partial charge in [0.25, 0.3) is 0 Å². The van der Waals surface area contributed by atoms with Crippen molar-refractivity contribution in [3.63, 3.8) is 0 Å². The molecule has 13 heavy (non-hydrogen) atoms. The third-order valence-corrected chi connectivity index (χ3v) is 2.57. The molecule has 0 aromatic heterocycles. The molecular formula is C12H15N. The molecule has 0 amide bonds. The predicted octanol–water partition coefficient (Wildman–Crippen LogP) is 2.83. The topological polar surface area (TPSA) is 12.4 Å². The summed E-state index contributed by atoms with van der Waals surface area (Å²) in [6.45, 7) is 3.20. The van der Waals surface area contributed by atoms with Gasteiger partial charge in [0.2, 0.25) is 0 Å². The lowest BCUT2D eigenvalue weighted by atomic mass is 10.0. The zero-order chi connectivity index (χ0) is 9.10. The minimum Gasteiger partial charge on any atom is -0.289 e. The van der Waals surface area contributed by atoms with Gasteiger partial charge in [-0.15, -0.1) is 0 Å². The van der Waals surface area contributed by atoms with E-state index in [1.54, 1.807) is 0 Å². The van der Waals surface area contributed by atoms with Crippen LogP contribution >= 0.6 is 0 Å². The summed E-state index contributed by atoms with van der Waals surface area (Å²) >= 11 is 0. The molecule has 0 fully saturated rings. The highest BCUT2D eigenvalue weighted by Crippen LogP contribution is 2.13. The maximum absolute atomic E-state index is 4.48. The van der Waals surface area contributed by atoms with Crippen LogP contribution in [0.15, 0.2) is 29.3 Å². The molecule has 1 aromatic rings. The third-order valence-electron chi connectivity index (χ3n) is 2.57. The lowest BCUT2D eigenvalue weighted by Crippen LogP contribution is -1.95. The highest BCUT2D eigenvalue weighted by atomic mass is 14.8. The molecule has 2 rings (SSSR count). The molecule has 1 heteroatoms. The van der Waals surface area contributed by atoms with Gasteiger partial charge in [-0.3, -0.25) is 4.99 Å². The van der Waals surface area contributed by atoms with Crippen LogP contribution in [-0.2, 0) is 6.42 Å². The molecule has 1 aromatic carbocycles. The van der Waals surface area contributed by atoms with Crippen LogP contribution in [0, 0.1) is 0 Å². The normalized spacial score (nSPS) is 15.9. The number of hydrogen-bond acceptors (Lipinski definition) is 1. The Labute approximate surface area is 79.5 Å². The fourth-order valence-corrected chi connectivity index (χ4v) is 1.71. The second-order valence-corrected chi connectivity index (χ2v) is 3.48. The SMILES string of the molecule is CCc1ccc(C2=NCCC2)cc1. The van der Waals surface area contributed by atoms with Crippen molar-refractivity contribution >= 4 is 5.71 Å². The minimum absolute atomic E-state index is 1.02. The first-order chi connectivity index (χ1) is 6.40. The van der Waals surface area contributed by atoms with Crippen LogP contribution in [0.25, 0.3) is 0 Å². The Hall–Kier alpha value is -1.11. The van der Waals surface area contributed by atoms with E-state index in [1.165, 1.54) is 23.3 Å². The van der Waals surface area contributed by atoms with Crippen molar-refractivity contribution in [1.29, 1.82) is 0 Å². The Morgan fingerprint density at radius 3 is 2.54 bits per heavy atom. The molecule has 0 spiro atoms. The quantitative estimate of drug-likeness (QED) is 0.652. The number of aryl methyl sites for hydroxylation is 1. The molecular weight excluding hydrogens is 158 g/mol. The summed E-state index contributed by atoms with van der Waals surface area (Å²) in [5.41, 5.74) is 4.01. The van der Waals surface area contributed by atoms with Crippen molar-refractivity contribution < 1.29 is 0 Å². The highest BCUT2D eigenvalue weighted by Gasteiger charge is 2.07. The summed E-state index contributed by atoms with van der Waals surface area (Å²) in [5.74, 6) is 0. The van der Waals surface area contributed by atoms with E-state index in [-0.39, 0.29) is 0 Å². The first-order valence-electron chi connectivity index (χ1n) is 5.03. The molecule has 0 saturated carbocycles. The van der Waals surface area contributed by atoms with Crippen molar-refractivity contribution in [1.82, 2.24) is 0 Å². The second kappa shape index (κ2) is 3.73. The highest BCUT2D eigenvalue weighted by molar-refractivity contribution is 6.01. The van der Waals surface area contributed by atoms with E-state index < -0.39 is 0 Å². The molecule has 1 aliphatic heterocycles. The lowest BCUT2D eigenvalue weighted by molar-refractivity contribution is 0.951. The van der Waals surface area contributed by atoms with Crippen molar-refractivity contribution in [2.24, 2.45) is 4.99 Å². The Morgan fingerprint density at radius 2 is 2.00 bits per heavy atom. The van der Waals surface area contributed by atoms with Crippen LogP contribution < -0.4 is 0 Å². The molecule has 1 aliphatic rings. The Bertz CT molecular complexity index is 308. The minimum atomic E-state index is 1.02. The van der Waals surface area contributed by atoms with Gasteiger partial charge in [-0.25, -0.2) is 0 Å². The molecule has 68 valence electrons. The van der Waals surface area contributed by atoms with Gasteiger partial charge >= 0.3 is 0 Å². The van der Waals surface area contributed by atoms with Gasteiger partial charge in [0.15, 0.2) is 0 Å². The zero-order valence-corrected chi connectivity index (χ0v) is 8.09. The van der Waals surface area contributed by atoms with Crippen molar-refractivity contribution in [3.05, 3.63) is 35.4 Å². The second-order valence-electron chi connectivity index (χ2n) is 3.48. The van der Waals surface area contributed by atoms with Gasteiger partial charge in [-0.05, 0) is 30.4 Å². The summed E-state index contributed by atoms with van der Waals surface area (Å²) in [6, 6.07) is 8.80. The van der Waals surface area contributed by atoms with Crippen LogP contribution in [0.3, 0.4) is 0 Å². The molecule has 0 N–H and O–H groups in total. The monoisotopic (exact) mass is 173 g/mol. The summed E-state index contributed by atoms with van der Waals surface area (Å²) in [7, 11) is 0. The van der Waals surface area contributed by atoms with Crippen LogP contribution in [0.4, 0.5) is 0 Å². The number of hydrogen-bond donors (Lipinski definition) is 0. The van der Waals surface area contributed by atoms with Crippen molar-refractivity contribution in [2.75, 3.05) is 6.54 Å². The number of rotatable bonds is 2. The molecule has 0 aliphatic carbocycles. The van der Waals surface area contributed by atoms with Crippen molar-refractivity contribution in [3.8, 4) is 0 Å². The molecule has 0 bridgehead atoms. The third kappa shape index (κ3) is 1.80. The first-order valence-corrected chi connectivity index (χ1v) is 5.03. The van der Waals surface area contributed by atoms with Crippen LogP contribution in [0.5, 0.6) is 0 Å². The number of nitrogens with zero attached hydrogens (tertiary/aromatic N) is 1. The number of aliphatic imine (C=N–C) groups is 1. The maximum atomic E-state index is 4.48. The van der Waals surface area contributed by atoms with Crippen LogP contribution in [0.1, 0.15) is 30.9 Å². The average Bonchev–Trinajstić information content (AvgIpc) is 2.71. The first kappa shape index (κ1) is 8.49. The maximum Gasteiger partial charge on any atom is 0.0421 e. The summed E-state index contributed by atoms with van der Waals surface area (Å²) in [4.78, 5) is 4.48. The Kier molecular flexibility index (Phi) is 2.44. The van der Waals surface area contributed by atoms with Gasteiger partial charge in [-0.1, -0.05) is 31.2 Å². The fourth-order valence-electron chi connectivity index (χ4n) is 1.71. The van der Waals surface area contributed by atoms with Gasteiger partial charge in [0.1, 0.15) is 0 Å². The molecule has 1 heterocycles. The van der Waals surface area contributed by atoms with Crippen LogP contribution in [-0.4, -0.2) is 12.3 Å². The predicted molar refractivity (Wildman–Crippen MR) is 56.5 cm³/mol. The summed E-state index contributed by atoms with van der Waals surface area (Å²) in [6.07, 6.45) is 3.50. The average molecular weight is 173 g/mol. The molecule has 0 unspecified atom stereocenters. The lowest BCUT2D eigenvalue weighted by Gasteiger charge is -2.01. The van der Waals surface area contributed by atoms with Crippen molar-refractivity contribution in [2.45, 2.75) is 26.2 Å². The van der Waals surface area contributed by atoms with E-state index in [0.717, 1.165) is 19.4 Å². The number of benzene rings is 1. The van der Waals surface area contributed by atoms with Gasteiger partial charge < -0.3 is 0 Å². The van der Waals surface area contributed by atoms with E-state index in [1.807, 2.05) is 0 Å². The summed E-state index contributed by atoms with van der Waals surface area (Å²) in [5, 5.41) is 0. The van der Waals surface area contributed by atoms with E-state index >= 15 is 0 Å². The molecule has 0 atom stereocenters. The van der Waals surface area contributed by atoms with E-state index in [9.17, 15) is 0 Å². The van der Waals surface area contributed by atoms with Crippen LogP contribution in [0.2, 0.25) is 0 Å². The smallest absolute Gasteiger partial charge is 0.0421 e. The van der Waals surface area contributed by atoms with E-state index in [4.69, 9.17) is 0 Å². The van der Waals surface area contributed by atoms with E-state index in [2.05, 4.69) is 36.2 Å². The Balaban J connectivity index is 2.22. The summed E-state index contributed by atoms with van der Waals surface area (Å²) < 4.78 is 0. The van der Waals surface area contributed by atoms with Gasteiger partial charge in [-0.2, -0.15) is 0 Å². The molecule has 0 saturated heterocycles.